The van der Waals surface area contributed by atoms with E-state index in [1.165, 1.54) is 4.90 Å². The van der Waals surface area contributed by atoms with Gasteiger partial charge in [0.2, 0.25) is 5.89 Å². The number of hydrogen-bond donors (Lipinski definition) is 2. The van der Waals surface area contributed by atoms with E-state index in [1.54, 1.807) is 11.8 Å². The number of nitrogens with zero attached hydrogens (tertiary/aromatic N) is 2. The number of nitrogens with one attached hydrogen (secondary N) is 2. The molecule has 0 aliphatic rings. The maximum Gasteiger partial charge on any atom is 0.216 e. The molecule has 0 unspecified atom stereocenters. The number of hydrogen-bond acceptors (Lipinski definition) is 4. The van der Waals surface area contributed by atoms with Crippen molar-refractivity contribution in [3.8, 4) is 0 Å². The number of aromatic nitrogens is 1. The molecule has 1 aromatic heterocycles. The summed E-state index contributed by atoms with van der Waals surface area (Å²) < 4.78 is 5.55. The maximum absolute atomic E-state index is 5.89. The monoisotopic (exact) mass is 494 g/mol. The lowest BCUT2D eigenvalue weighted by molar-refractivity contribution is 0.473. The van der Waals surface area contributed by atoms with Gasteiger partial charge in [-0.15, -0.1) is 35.7 Å². The highest BCUT2D eigenvalue weighted by molar-refractivity contribution is 14.0. The van der Waals surface area contributed by atoms with Gasteiger partial charge in [0.25, 0.3) is 0 Å². The zero-order valence-electron chi connectivity index (χ0n) is 14.6. The van der Waals surface area contributed by atoms with Crippen molar-refractivity contribution in [1.29, 1.82) is 0 Å². The van der Waals surface area contributed by atoms with Crippen molar-refractivity contribution in [1.82, 2.24) is 15.6 Å². The van der Waals surface area contributed by atoms with E-state index in [9.17, 15) is 0 Å². The summed E-state index contributed by atoms with van der Waals surface area (Å²) in [6.45, 7) is 7.92. The van der Waals surface area contributed by atoms with Gasteiger partial charge in [0, 0.05) is 28.8 Å². The van der Waals surface area contributed by atoms with Crippen LogP contribution in [-0.2, 0) is 6.54 Å². The number of thioether (sulfide) groups is 1. The third-order valence-corrected chi connectivity index (χ3v) is 4.53. The minimum absolute atomic E-state index is 0. The van der Waals surface area contributed by atoms with Crippen molar-refractivity contribution in [3.05, 3.63) is 46.6 Å². The average Bonchev–Trinajstić information content (AvgIpc) is 2.89. The van der Waals surface area contributed by atoms with Gasteiger partial charge in [0.15, 0.2) is 5.96 Å². The summed E-state index contributed by atoms with van der Waals surface area (Å²) in [5.41, 5.74) is 0.914. The van der Waals surface area contributed by atoms with Crippen LogP contribution in [0.4, 0.5) is 0 Å². The summed E-state index contributed by atoms with van der Waals surface area (Å²) in [5.74, 6) is 3.18. The Bertz CT molecular complexity index is 656. The van der Waals surface area contributed by atoms with Crippen molar-refractivity contribution in [2.75, 3.05) is 18.8 Å². The topological polar surface area (TPSA) is 62.5 Å². The van der Waals surface area contributed by atoms with Gasteiger partial charge in [-0.05, 0) is 45.0 Å². The number of aliphatic imine (C=N–C) groups is 1. The third-order valence-electron chi connectivity index (χ3n) is 3.27. The highest BCUT2D eigenvalue weighted by Gasteiger charge is 2.05. The first kappa shape index (κ1) is 22.1. The van der Waals surface area contributed by atoms with Crippen LogP contribution >= 0.6 is 47.3 Å². The molecular weight excluding hydrogens is 471 g/mol. The van der Waals surface area contributed by atoms with E-state index < -0.39 is 0 Å². The second-order valence-electron chi connectivity index (χ2n) is 5.17. The number of guanidine groups is 1. The first-order valence-electron chi connectivity index (χ1n) is 7.92. The van der Waals surface area contributed by atoms with Gasteiger partial charge in [-0.2, -0.15) is 0 Å². The highest BCUT2D eigenvalue weighted by Crippen LogP contribution is 2.19. The van der Waals surface area contributed by atoms with E-state index in [0.29, 0.717) is 12.4 Å². The van der Waals surface area contributed by atoms with Crippen molar-refractivity contribution >= 4 is 53.3 Å². The van der Waals surface area contributed by atoms with Crippen LogP contribution in [-0.4, -0.2) is 29.8 Å². The fourth-order valence-corrected chi connectivity index (χ4v) is 2.86. The molecule has 2 aromatic rings. The summed E-state index contributed by atoms with van der Waals surface area (Å²) in [4.78, 5) is 10.0. The predicted octanol–water partition coefficient (Wildman–Crippen LogP) is 4.41. The van der Waals surface area contributed by atoms with Crippen LogP contribution in [0.1, 0.15) is 24.3 Å². The van der Waals surface area contributed by atoms with Crippen LogP contribution in [0.25, 0.3) is 0 Å². The van der Waals surface area contributed by atoms with Crippen LogP contribution in [0.2, 0.25) is 5.02 Å². The highest BCUT2D eigenvalue weighted by atomic mass is 127. The Balaban J connectivity index is 0.00000312. The zero-order chi connectivity index (χ0) is 17.4. The lowest BCUT2D eigenvalue weighted by atomic mass is 10.4. The molecule has 2 rings (SSSR count). The SMILES string of the molecule is CCNC(=NCc1nc(C)c(C)o1)NCCSc1ccc(Cl)cc1.I. The van der Waals surface area contributed by atoms with Crippen LogP contribution in [0.15, 0.2) is 38.6 Å². The van der Waals surface area contributed by atoms with E-state index >= 15 is 0 Å². The largest absolute Gasteiger partial charge is 0.444 e. The van der Waals surface area contributed by atoms with E-state index in [0.717, 1.165) is 41.3 Å². The van der Waals surface area contributed by atoms with E-state index in [-0.39, 0.29) is 24.0 Å². The molecule has 0 aliphatic heterocycles. The molecule has 2 N–H and O–H groups in total. The Morgan fingerprint density at radius 2 is 1.96 bits per heavy atom. The summed E-state index contributed by atoms with van der Waals surface area (Å²) in [6.07, 6.45) is 0. The van der Waals surface area contributed by atoms with Crippen LogP contribution in [0, 0.1) is 13.8 Å². The standard InChI is InChI=1S/C17H23ClN4OS.HI/c1-4-19-17(21-11-16-22-12(2)13(3)23-16)20-9-10-24-15-7-5-14(18)6-8-15;/h5-8H,4,9-11H2,1-3H3,(H2,19,20,21);1H. The molecule has 0 radical (unpaired) electrons. The van der Waals surface area contributed by atoms with Crippen LogP contribution in [0.5, 0.6) is 0 Å². The predicted molar refractivity (Wildman–Crippen MR) is 116 cm³/mol. The smallest absolute Gasteiger partial charge is 0.216 e. The second kappa shape index (κ2) is 11.6. The van der Waals surface area contributed by atoms with Gasteiger partial charge in [-0.1, -0.05) is 11.6 Å². The number of aryl methyl sites for hydroxylation is 2. The molecule has 0 fully saturated rings. The molecule has 8 heteroatoms. The van der Waals surface area contributed by atoms with Crippen molar-refractivity contribution in [3.63, 3.8) is 0 Å². The minimum Gasteiger partial charge on any atom is -0.444 e. The van der Waals surface area contributed by atoms with Crippen LogP contribution in [0.3, 0.4) is 0 Å². The fraction of sp³-hybridized carbons (Fsp3) is 0.412. The van der Waals surface area contributed by atoms with Crippen molar-refractivity contribution in [2.24, 2.45) is 4.99 Å². The molecule has 0 atom stereocenters. The molecule has 1 aromatic carbocycles. The Hall–Kier alpha value is -0.930. The average molecular weight is 495 g/mol. The Morgan fingerprint density at radius 3 is 2.56 bits per heavy atom. The van der Waals surface area contributed by atoms with Crippen molar-refractivity contribution in [2.45, 2.75) is 32.2 Å². The number of benzene rings is 1. The third kappa shape index (κ3) is 7.87. The van der Waals surface area contributed by atoms with Gasteiger partial charge in [0.1, 0.15) is 12.3 Å². The van der Waals surface area contributed by atoms with Gasteiger partial charge in [0.05, 0.1) is 5.69 Å². The maximum atomic E-state index is 5.89. The number of halogens is 2. The summed E-state index contributed by atoms with van der Waals surface area (Å²) in [5, 5.41) is 7.30. The first-order valence-corrected chi connectivity index (χ1v) is 9.28. The molecule has 5 nitrogen and oxygen atoms in total. The molecule has 1 heterocycles. The van der Waals surface area contributed by atoms with Crippen molar-refractivity contribution < 1.29 is 4.42 Å². The van der Waals surface area contributed by atoms with E-state index in [1.807, 2.05) is 45.0 Å². The van der Waals surface area contributed by atoms with Gasteiger partial charge in [-0.25, -0.2) is 9.98 Å². The Morgan fingerprint density at radius 1 is 1.24 bits per heavy atom. The molecule has 138 valence electrons. The summed E-state index contributed by atoms with van der Waals surface area (Å²) in [6, 6.07) is 7.87. The quantitative estimate of drug-likeness (QED) is 0.196. The summed E-state index contributed by atoms with van der Waals surface area (Å²) >= 11 is 7.66. The first-order chi connectivity index (χ1) is 11.6. The molecule has 0 saturated carbocycles. The molecule has 0 saturated heterocycles. The molecule has 0 spiro atoms. The molecule has 0 bridgehead atoms. The number of oxazole rings is 1. The van der Waals surface area contributed by atoms with Crippen LogP contribution < -0.4 is 10.6 Å². The second-order valence-corrected chi connectivity index (χ2v) is 6.78. The minimum atomic E-state index is 0. The molecular formula is C17H24ClIN4OS. The van der Waals surface area contributed by atoms with Gasteiger partial charge < -0.3 is 15.1 Å². The van der Waals surface area contributed by atoms with Gasteiger partial charge in [-0.3, -0.25) is 0 Å². The normalized spacial score (nSPS) is 11.1. The molecule has 0 amide bonds. The van der Waals surface area contributed by atoms with Gasteiger partial charge >= 0.3 is 0 Å². The lowest BCUT2D eigenvalue weighted by Crippen LogP contribution is -2.38. The Labute approximate surface area is 175 Å². The fourth-order valence-electron chi connectivity index (χ4n) is 1.96. The zero-order valence-corrected chi connectivity index (χ0v) is 18.5. The number of rotatable bonds is 7. The van der Waals surface area contributed by atoms with E-state index in [4.69, 9.17) is 16.0 Å². The molecule has 25 heavy (non-hydrogen) atoms. The molecule has 0 aliphatic carbocycles. The van der Waals surface area contributed by atoms with E-state index in [2.05, 4.69) is 20.6 Å². The summed E-state index contributed by atoms with van der Waals surface area (Å²) in [7, 11) is 0. The Kier molecular flexibility index (Phi) is 10.3. The lowest BCUT2D eigenvalue weighted by Gasteiger charge is -2.10.